The number of hydrogen-bond acceptors (Lipinski definition) is 6. The molecule has 1 aromatic carbocycles. The fraction of sp³-hybridized carbons (Fsp3) is 0.400. The summed E-state index contributed by atoms with van der Waals surface area (Å²) in [6.45, 7) is 0.406. The van der Waals surface area contributed by atoms with Crippen LogP contribution in [0.4, 0.5) is 4.79 Å². The number of halogens is 1. The zero-order chi connectivity index (χ0) is 21.7. The summed E-state index contributed by atoms with van der Waals surface area (Å²) >= 11 is 6.17. The topological polar surface area (TPSA) is 114 Å². The van der Waals surface area contributed by atoms with Crippen LogP contribution in [0.1, 0.15) is 35.8 Å². The molecule has 2 atom stereocenters. The number of aromatic amines is 1. The molecule has 1 aliphatic heterocycles. The van der Waals surface area contributed by atoms with Crippen molar-refractivity contribution in [3.8, 4) is 0 Å². The van der Waals surface area contributed by atoms with Crippen LogP contribution in [0.15, 0.2) is 30.6 Å². The molecule has 1 aliphatic rings. The Morgan fingerprint density at radius 2 is 2.13 bits per heavy atom. The minimum absolute atomic E-state index is 0.0300. The van der Waals surface area contributed by atoms with E-state index in [0.717, 1.165) is 17.0 Å². The lowest BCUT2D eigenvalue weighted by Crippen LogP contribution is -2.51. The van der Waals surface area contributed by atoms with Crippen molar-refractivity contribution in [3.63, 3.8) is 0 Å². The normalized spacial score (nSPS) is 16.4. The second-order valence-corrected chi connectivity index (χ2v) is 7.24. The molecule has 0 saturated heterocycles. The molecule has 0 radical (unpaired) electrons. The molecule has 2 amide bonds. The van der Waals surface area contributed by atoms with Crippen LogP contribution in [0.3, 0.4) is 0 Å². The zero-order valence-electron chi connectivity index (χ0n) is 16.7. The van der Waals surface area contributed by atoms with Gasteiger partial charge in [0, 0.05) is 30.1 Å². The Bertz CT molecular complexity index is 931. The number of aromatic nitrogens is 2. The van der Waals surface area contributed by atoms with Gasteiger partial charge in [0.05, 0.1) is 26.2 Å². The largest absolute Gasteiger partial charge is 0.469 e. The highest BCUT2D eigenvalue weighted by atomic mass is 35.5. The molecule has 9 nitrogen and oxygen atoms in total. The first-order valence-corrected chi connectivity index (χ1v) is 9.81. The van der Waals surface area contributed by atoms with Gasteiger partial charge in [0.2, 0.25) is 0 Å². The lowest BCUT2D eigenvalue weighted by Gasteiger charge is -2.36. The fourth-order valence-electron chi connectivity index (χ4n) is 3.50. The Balaban J connectivity index is 1.85. The van der Waals surface area contributed by atoms with Gasteiger partial charge in [-0.1, -0.05) is 23.7 Å². The lowest BCUT2D eigenvalue weighted by molar-refractivity contribution is -0.144. The van der Waals surface area contributed by atoms with Gasteiger partial charge in [0.1, 0.15) is 12.1 Å². The van der Waals surface area contributed by atoms with E-state index < -0.39 is 30.1 Å². The van der Waals surface area contributed by atoms with E-state index in [4.69, 9.17) is 16.3 Å². The third-order valence-electron chi connectivity index (χ3n) is 5.00. The number of carbonyl (C=O) groups is 3. The van der Waals surface area contributed by atoms with Gasteiger partial charge in [-0.15, -0.1) is 0 Å². The van der Waals surface area contributed by atoms with Crippen molar-refractivity contribution < 1.29 is 23.9 Å². The standard InChI is InChI=1S/C20H23ClN4O5/c1-29-16(26)7-6-15(19(27)30-2)24-20(28)25-9-8-14-17(23-11-22-14)18(25)12-4-3-5-13(21)10-12/h3-5,10-11,15,18H,6-9H2,1-2H3,(H,22,23)(H,24,28). The summed E-state index contributed by atoms with van der Waals surface area (Å²) < 4.78 is 9.39. The second-order valence-electron chi connectivity index (χ2n) is 6.81. The predicted molar refractivity (Wildman–Crippen MR) is 108 cm³/mol. The minimum Gasteiger partial charge on any atom is -0.469 e. The summed E-state index contributed by atoms with van der Waals surface area (Å²) in [4.78, 5) is 45.9. The van der Waals surface area contributed by atoms with Crippen molar-refractivity contribution in [3.05, 3.63) is 52.6 Å². The van der Waals surface area contributed by atoms with Crippen molar-refractivity contribution in [2.45, 2.75) is 31.3 Å². The maximum absolute atomic E-state index is 13.2. The number of methoxy groups -OCH3 is 2. The molecule has 0 bridgehead atoms. The highest BCUT2D eigenvalue weighted by molar-refractivity contribution is 6.30. The Hall–Kier alpha value is -3.07. The van der Waals surface area contributed by atoms with Crippen molar-refractivity contribution in [2.75, 3.05) is 20.8 Å². The highest BCUT2D eigenvalue weighted by Crippen LogP contribution is 2.34. The Kier molecular flexibility index (Phi) is 6.94. The van der Waals surface area contributed by atoms with Crippen molar-refractivity contribution in [1.29, 1.82) is 0 Å². The Labute approximate surface area is 178 Å². The molecule has 2 N–H and O–H groups in total. The lowest BCUT2D eigenvalue weighted by atomic mass is 9.96. The minimum atomic E-state index is -0.984. The quantitative estimate of drug-likeness (QED) is 0.674. The first-order valence-electron chi connectivity index (χ1n) is 9.44. The van der Waals surface area contributed by atoms with Crippen LogP contribution in [0.25, 0.3) is 0 Å². The molecule has 0 fully saturated rings. The van der Waals surface area contributed by atoms with Gasteiger partial charge >= 0.3 is 18.0 Å². The average Bonchev–Trinajstić information content (AvgIpc) is 3.23. The summed E-state index contributed by atoms with van der Waals surface area (Å²) in [6, 6.07) is 5.29. The first kappa shape index (κ1) is 21.6. The molecule has 0 saturated carbocycles. The number of H-pyrrole nitrogens is 1. The molecule has 0 spiro atoms. The molecule has 1 aromatic heterocycles. The van der Waals surface area contributed by atoms with E-state index in [-0.39, 0.29) is 12.8 Å². The maximum atomic E-state index is 13.2. The fourth-order valence-corrected chi connectivity index (χ4v) is 3.70. The van der Waals surface area contributed by atoms with Crippen LogP contribution in [0.2, 0.25) is 5.02 Å². The van der Waals surface area contributed by atoms with Crippen LogP contribution in [0.5, 0.6) is 0 Å². The van der Waals surface area contributed by atoms with Crippen LogP contribution in [-0.4, -0.2) is 59.6 Å². The third kappa shape index (κ3) is 4.73. The van der Waals surface area contributed by atoms with Crippen LogP contribution >= 0.6 is 11.6 Å². The van der Waals surface area contributed by atoms with Crippen molar-refractivity contribution in [1.82, 2.24) is 20.2 Å². The van der Waals surface area contributed by atoms with Crippen LogP contribution in [0, 0.1) is 0 Å². The predicted octanol–water partition coefficient (Wildman–Crippen LogP) is 2.21. The zero-order valence-corrected chi connectivity index (χ0v) is 17.4. The molecular weight excluding hydrogens is 412 g/mol. The maximum Gasteiger partial charge on any atom is 0.328 e. The number of ether oxygens (including phenoxy) is 2. The summed E-state index contributed by atoms with van der Waals surface area (Å²) in [7, 11) is 2.49. The van der Waals surface area contributed by atoms with Gasteiger partial charge in [-0.25, -0.2) is 14.6 Å². The van der Waals surface area contributed by atoms with Gasteiger partial charge < -0.3 is 24.7 Å². The van der Waals surface area contributed by atoms with Gasteiger partial charge in [-0.2, -0.15) is 0 Å². The third-order valence-corrected chi connectivity index (χ3v) is 5.23. The molecule has 2 heterocycles. The number of nitrogens with one attached hydrogen (secondary N) is 2. The monoisotopic (exact) mass is 434 g/mol. The summed E-state index contributed by atoms with van der Waals surface area (Å²) in [5.74, 6) is -1.11. The van der Waals surface area contributed by atoms with Gasteiger partial charge in [0.15, 0.2) is 0 Å². The number of imidazole rings is 1. The molecule has 0 aliphatic carbocycles. The smallest absolute Gasteiger partial charge is 0.328 e. The molecular formula is C20H23ClN4O5. The molecule has 2 unspecified atom stereocenters. The van der Waals surface area contributed by atoms with Gasteiger partial charge in [-0.05, 0) is 24.1 Å². The average molecular weight is 435 g/mol. The van der Waals surface area contributed by atoms with Gasteiger partial charge in [-0.3, -0.25) is 4.79 Å². The Morgan fingerprint density at radius 1 is 1.33 bits per heavy atom. The van der Waals surface area contributed by atoms with E-state index in [9.17, 15) is 14.4 Å². The second kappa shape index (κ2) is 9.62. The van der Waals surface area contributed by atoms with E-state index in [0.29, 0.717) is 18.0 Å². The molecule has 10 heteroatoms. The number of hydrogen-bond donors (Lipinski definition) is 2. The SMILES string of the molecule is COC(=O)CCC(NC(=O)N1CCc2[nH]cnc2C1c1cccc(Cl)c1)C(=O)OC. The number of carbonyl (C=O) groups excluding carboxylic acids is 3. The van der Waals surface area contributed by atoms with Crippen molar-refractivity contribution >= 4 is 29.6 Å². The molecule has 2 aromatic rings. The number of rotatable bonds is 6. The van der Waals surface area contributed by atoms with E-state index in [1.54, 1.807) is 23.4 Å². The van der Waals surface area contributed by atoms with E-state index in [1.165, 1.54) is 14.2 Å². The summed E-state index contributed by atoms with van der Waals surface area (Å²) in [5.41, 5.74) is 2.47. The summed E-state index contributed by atoms with van der Waals surface area (Å²) in [6.07, 6.45) is 2.22. The number of fused-ring (bicyclic) bond motifs is 1. The van der Waals surface area contributed by atoms with Gasteiger partial charge in [0.25, 0.3) is 0 Å². The van der Waals surface area contributed by atoms with Crippen molar-refractivity contribution in [2.24, 2.45) is 0 Å². The number of amides is 2. The van der Waals surface area contributed by atoms with Crippen LogP contribution in [-0.2, 0) is 25.5 Å². The number of urea groups is 1. The van der Waals surface area contributed by atoms with E-state index in [1.807, 2.05) is 12.1 Å². The number of esters is 2. The van der Waals surface area contributed by atoms with Crippen LogP contribution < -0.4 is 5.32 Å². The first-order chi connectivity index (χ1) is 14.4. The number of nitrogens with zero attached hydrogens (tertiary/aromatic N) is 2. The summed E-state index contributed by atoms with van der Waals surface area (Å²) in [5, 5.41) is 3.23. The van der Waals surface area contributed by atoms with E-state index >= 15 is 0 Å². The molecule has 160 valence electrons. The molecule has 30 heavy (non-hydrogen) atoms. The molecule has 3 rings (SSSR count). The number of benzene rings is 1. The Morgan fingerprint density at radius 3 is 2.83 bits per heavy atom. The van der Waals surface area contributed by atoms with E-state index in [2.05, 4.69) is 20.0 Å². The highest BCUT2D eigenvalue weighted by Gasteiger charge is 2.36.